The summed E-state index contributed by atoms with van der Waals surface area (Å²) in [5.41, 5.74) is 4.38. The molecule has 1 aliphatic rings. The minimum Gasteiger partial charge on any atom is -0.453 e. The predicted octanol–water partition coefficient (Wildman–Crippen LogP) is 4.26. The van der Waals surface area contributed by atoms with Gasteiger partial charge in [0.2, 0.25) is 5.91 Å². The van der Waals surface area contributed by atoms with Crippen molar-refractivity contribution in [2.45, 2.75) is 19.3 Å². The molecular weight excluding hydrogens is 340 g/mol. The first-order chi connectivity index (χ1) is 12.1. The Morgan fingerprint density at radius 2 is 1.84 bits per heavy atom. The van der Waals surface area contributed by atoms with Crippen molar-refractivity contribution >= 4 is 40.7 Å². The molecule has 0 fully saturated rings. The summed E-state index contributed by atoms with van der Waals surface area (Å²) in [5, 5.41) is 2.65. The normalized spacial score (nSPS) is 12.6. The van der Waals surface area contributed by atoms with Crippen LogP contribution in [0.2, 0.25) is 0 Å². The molecular formula is C19H19ClN2O3. The number of alkyl halides is 1. The molecule has 0 saturated carbocycles. The summed E-state index contributed by atoms with van der Waals surface area (Å²) in [4.78, 5) is 26.0. The first-order valence-electron chi connectivity index (χ1n) is 8.08. The Morgan fingerprint density at radius 1 is 1.12 bits per heavy atom. The Kier molecular flexibility index (Phi) is 5.24. The van der Waals surface area contributed by atoms with Gasteiger partial charge in [0.15, 0.2) is 0 Å². The number of aryl methyl sites for hydroxylation is 2. The van der Waals surface area contributed by atoms with E-state index in [0.717, 1.165) is 35.3 Å². The molecule has 2 aromatic rings. The van der Waals surface area contributed by atoms with E-state index in [-0.39, 0.29) is 18.2 Å². The van der Waals surface area contributed by atoms with Gasteiger partial charge < -0.3 is 4.74 Å². The maximum absolute atomic E-state index is 12.8. The second-order valence-corrected chi connectivity index (χ2v) is 6.13. The molecule has 25 heavy (non-hydrogen) atoms. The van der Waals surface area contributed by atoms with Crippen molar-refractivity contribution in [3.63, 3.8) is 0 Å². The predicted molar refractivity (Wildman–Crippen MR) is 98.8 cm³/mol. The number of para-hydroxylation sites is 1. The molecule has 2 aromatic carbocycles. The summed E-state index contributed by atoms with van der Waals surface area (Å²) in [7, 11) is 1.31. The van der Waals surface area contributed by atoms with Crippen LogP contribution in [0.25, 0.3) is 0 Å². The number of halogens is 1. The average molecular weight is 359 g/mol. The zero-order valence-corrected chi connectivity index (χ0v) is 14.7. The fraction of sp³-hybridized carbons (Fsp3) is 0.263. The van der Waals surface area contributed by atoms with E-state index in [2.05, 4.69) is 10.1 Å². The van der Waals surface area contributed by atoms with Crippen molar-refractivity contribution in [2.24, 2.45) is 0 Å². The number of carbonyl (C=O) groups is 2. The first-order valence-corrected chi connectivity index (χ1v) is 8.62. The summed E-state index contributed by atoms with van der Waals surface area (Å²) in [5.74, 6) is 0.188. The van der Waals surface area contributed by atoms with E-state index < -0.39 is 6.09 Å². The summed E-state index contributed by atoms with van der Waals surface area (Å²) < 4.78 is 4.64. The molecule has 0 atom stereocenters. The highest BCUT2D eigenvalue weighted by Gasteiger charge is 2.25. The second-order valence-electron chi connectivity index (χ2n) is 5.76. The van der Waals surface area contributed by atoms with Crippen molar-refractivity contribution in [3.05, 3.63) is 53.6 Å². The Labute approximate surface area is 151 Å². The van der Waals surface area contributed by atoms with Crippen LogP contribution >= 0.6 is 11.6 Å². The summed E-state index contributed by atoms with van der Waals surface area (Å²) in [6.45, 7) is 0. The number of fused-ring (bicyclic) bond motifs is 2. The Bertz CT molecular complexity index is 807. The number of nitrogens with one attached hydrogen (secondary N) is 1. The highest BCUT2D eigenvalue weighted by atomic mass is 35.5. The first kappa shape index (κ1) is 17.3. The number of hydrogen-bond acceptors (Lipinski definition) is 3. The monoisotopic (exact) mass is 358 g/mol. The van der Waals surface area contributed by atoms with Crippen LogP contribution < -0.4 is 10.2 Å². The van der Waals surface area contributed by atoms with Crippen molar-refractivity contribution in [3.8, 4) is 0 Å². The number of rotatable bonds is 3. The third-order valence-corrected chi connectivity index (χ3v) is 4.40. The maximum Gasteiger partial charge on any atom is 0.411 e. The molecule has 0 radical (unpaired) electrons. The van der Waals surface area contributed by atoms with Crippen LogP contribution in [-0.4, -0.2) is 25.0 Å². The second kappa shape index (κ2) is 7.57. The molecule has 0 unspecified atom stereocenters. The van der Waals surface area contributed by atoms with E-state index in [1.165, 1.54) is 7.11 Å². The zero-order valence-electron chi connectivity index (χ0n) is 13.9. The molecule has 1 aliphatic heterocycles. The minimum atomic E-state index is -0.549. The van der Waals surface area contributed by atoms with Gasteiger partial charge in [-0.05, 0) is 42.2 Å². The molecule has 0 saturated heterocycles. The highest BCUT2D eigenvalue weighted by molar-refractivity contribution is 6.19. The van der Waals surface area contributed by atoms with Gasteiger partial charge in [-0.1, -0.05) is 24.3 Å². The smallest absolute Gasteiger partial charge is 0.411 e. The molecule has 0 aromatic heterocycles. The number of methoxy groups -OCH3 is 1. The van der Waals surface area contributed by atoms with Crippen LogP contribution in [0.3, 0.4) is 0 Å². The molecule has 5 nitrogen and oxygen atoms in total. The largest absolute Gasteiger partial charge is 0.453 e. The van der Waals surface area contributed by atoms with E-state index in [4.69, 9.17) is 11.6 Å². The van der Waals surface area contributed by atoms with Gasteiger partial charge in [-0.2, -0.15) is 0 Å². The van der Waals surface area contributed by atoms with E-state index in [1.807, 2.05) is 36.4 Å². The molecule has 130 valence electrons. The van der Waals surface area contributed by atoms with Gasteiger partial charge in [0.1, 0.15) is 0 Å². The van der Waals surface area contributed by atoms with Crippen LogP contribution in [0, 0.1) is 0 Å². The van der Waals surface area contributed by atoms with Crippen LogP contribution in [0.15, 0.2) is 42.5 Å². The van der Waals surface area contributed by atoms with Crippen molar-refractivity contribution < 1.29 is 14.3 Å². The molecule has 6 heteroatoms. The number of benzene rings is 2. The van der Waals surface area contributed by atoms with E-state index in [1.54, 1.807) is 11.0 Å². The number of amides is 2. The Hall–Kier alpha value is -2.53. The quantitative estimate of drug-likeness (QED) is 0.834. The molecule has 0 spiro atoms. The van der Waals surface area contributed by atoms with E-state index >= 15 is 0 Å². The van der Waals surface area contributed by atoms with Crippen molar-refractivity contribution in [2.75, 3.05) is 23.2 Å². The number of anilines is 3. The summed E-state index contributed by atoms with van der Waals surface area (Å²) in [6.07, 6.45) is 1.35. The Morgan fingerprint density at radius 3 is 2.56 bits per heavy atom. The van der Waals surface area contributed by atoms with Crippen LogP contribution in [0.1, 0.15) is 17.5 Å². The standard InChI is InChI=1S/C19H19ClN2O3/c1-25-19(24)21-15-9-8-14-7-6-13-4-2-3-5-16(13)22(17(14)12-15)18(23)10-11-20/h2-5,8-9,12H,6-7,10-11H2,1H3,(H,21,24). The van der Waals surface area contributed by atoms with Crippen LogP contribution in [0.5, 0.6) is 0 Å². The number of ether oxygens (including phenoxy) is 1. The molecule has 3 rings (SSSR count). The summed E-state index contributed by atoms with van der Waals surface area (Å²) >= 11 is 5.81. The van der Waals surface area contributed by atoms with Gasteiger partial charge >= 0.3 is 6.09 Å². The Balaban J connectivity index is 2.10. The SMILES string of the molecule is COC(=O)Nc1ccc2c(c1)N(C(=O)CCCl)c1ccccc1CC2. The molecule has 1 heterocycles. The lowest BCUT2D eigenvalue weighted by molar-refractivity contribution is -0.117. The minimum absolute atomic E-state index is 0.0687. The lowest BCUT2D eigenvalue weighted by Crippen LogP contribution is -2.27. The average Bonchev–Trinajstić information content (AvgIpc) is 2.78. The lowest BCUT2D eigenvalue weighted by Gasteiger charge is -2.25. The third kappa shape index (κ3) is 3.61. The lowest BCUT2D eigenvalue weighted by atomic mass is 10.0. The highest BCUT2D eigenvalue weighted by Crippen LogP contribution is 2.38. The van der Waals surface area contributed by atoms with Gasteiger partial charge in [-0.15, -0.1) is 11.6 Å². The van der Waals surface area contributed by atoms with Crippen LogP contribution in [-0.2, 0) is 22.4 Å². The van der Waals surface area contributed by atoms with Gasteiger partial charge in [-0.25, -0.2) is 4.79 Å². The number of hydrogen-bond donors (Lipinski definition) is 1. The molecule has 0 aliphatic carbocycles. The maximum atomic E-state index is 12.8. The van der Waals surface area contributed by atoms with Gasteiger partial charge in [0, 0.05) is 18.0 Å². The van der Waals surface area contributed by atoms with Gasteiger partial charge in [0.05, 0.1) is 18.5 Å². The van der Waals surface area contributed by atoms with E-state index in [9.17, 15) is 9.59 Å². The number of nitrogens with zero attached hydrogens (tertiary/aromatic N) is 1. The van der Waals surface area contributed by atoms with Crippen molar-refractivity contribution in [1.29, 1.82) is 0 Å². The molecule has 1 N–H and O–H groups in total. The number of carbonyl (C=O) groups excluding carboxylic acids is 2. The molecule has 2 amide bonds. The van der Waals surface area contributed by atoms with E-state index in [0.29, 0.717) is 5.69 Å². The van der Waals surface area contributed by atoms with Gasteiger partial charge in [-0.3, -0.25) is 15.0 Å². The van der Waals surface area contributed by atoms with Crippen LogP contribution in [0.4, 0.5) is 21.9 Å². The van der Waals surface area contributed by atoms with Gasteiger partial charge in [0.25, 0.3) is 0 Å². The fourth-order valence-electron chi connectivity index (χ4n) is 3.03. The topological polar surface area (TPSA) is 58.6 Å². The third-order valence-electron chi connectivity index (χ3n) is 4.21. The zero-order chi connectivity index (χ0) is 17.8. The van der Waals surface area contributed by atoms with Crippen molar-refractivity contribution in [1.82, 2.24) is 0 Å². The molecule has 0 bridgehead atoms. The fourth-order valence-corrected chi connectivity index (χ4v) is 3.19. The summed E-state index contributed by atoms with van der Waals surface area (Å²) in [6, 6.07) is 13.4.